The summed E-state index contributed by atoms with van der Waals surface area (Å²) in [6, 6.07) is 5.50. The highest BCUT2D eigenvalue weighted by Gasteiger charge is 2.33. The number of aromatic nitrogens is 1. The number of anilines is 1. The maximum atomic E-state index is 12.7. The summed E-state index contributed by atoms with van der Waals surface area (Å²) >= 11 is 6.01. The number of ether oxygens (including phenoxy) is 1. The first-order valence-corrected chi connectivity index (χ1v) is 6.81. The van der Waals surface area contributed by atoms with Gasteiger partial charge in [-0.25, -0.2) is 4.98 Å². The van der Waals surface area contributed by atoms with Crippen LogP contribution >= 0.6 is 11.6 Å². The first-order valence-electron chi connectivity index (χ1n) is 6.44. The molecule has 0 bridgehead atoms. The van der Waals surface area contributed by atoms with Gasteiger partial charge in [0.15, 0.2) is 0 Å². The quantitative estimate of drug-likeness (QED) is 0.826. The second-order valence-corrected chi connectivity index (χ2v) is 5.00. The summed E-state index contributed by atoms with van der Waals surface area (Å²) in [5, 5.41) is 3.20. The van der Waals surface area contributed by atoms with E-state index in [9.17, 15) is 18.0 Å². The van der Waals surface area contributed by atoms with Crippen molar-refractivity contribution in [2.75, 3.05) is 12.4 Å². The van der Waals surface area contributed by atoms with E-state index in [1.165, 1.54) is 13.2 Å². The number of nitrogens with zero attached hydrogens (tertiary/aromatic N) is 1. The summed E-state index contributed by atoms with van der Waals surface area (Å²) in [6.07, 6.45) is -2.86. The SMILES string of the molecule is COc1cnc(C(F)(F)F)cc1CNc1ccc(C=O)cc1Cl. The topological polar surface area (TPSA) is 51.2 Å². The van der Waals surface area contributed by atoms with Gasteiger partial charge < -0.3 is 10.1 Å². The molecule has 1 aromatic carbocycles. The molecule has 0 aliphatic heterocycles. The molecule has 2 aromatic rings. The van der Waals surface area contributed by atoms with Crippen LogP contribution in [0.5, 0.6) is 5.75 Å². The Labute approximate surface area is 135 Å². The second-order valence-electron chi connectivity index (χ2n) is 4.59. The highest BCUT2D eigenvalue weighted by Crippen LogP contribution is 2.31. The molecular weight excluding hydrogens is 333 g/mol. The predicted molar refractivity (Wildman–Crippen MR) is 80.0 cm³/mol. The molecule has 0 amide bonds. The molecule has 0 aliphatic carbocycles. The molecule has 1 N–H and O–H groups in total. The number of carbonyl (C=O) groups is 1. The number of halogens is 4. The standard InChI is InChI=1S/C15H12ClF3N2O2/c1-23-13-7-21-14(15(17,18)19)5-10(13)6-20-12-3-2-9(8-22)4-11(12)16/h2-5,7-8,20H,6H2,1H3. The molecule has 1 heterocycles. The van der Waals surface area contributed by atoms with Gasteiger partial charge in [-0.05, 0) is 24.3 Å². The molecule has 0 saturated heterocycles. The van der Waals surface area contributed by atoms with Crippen molar-refractivity contribution < 1.29 is 22.7 Å². The highest BCUT2D eigenvalue weighted by molar-refractivity contribution is 6.33. The van der Waals surface area contributed by atoms with E-state index < -0.39 is 11.9 Å². The molecule has 0 atom stereocenters. The Morgan fingerprint density at radius 1 is 1.35 bits per heavy atom. The van der Waals surface area contributed by atoms with Gasteiger partial charge in [0.25, 0.3) is 0 Å². The van der Waals surface area contributed by atoms with Gasteiger partial charge in [0, 0.05) is 17.7 Å². The van der Waals surface area contributed by atoms with Gasteiger partial charge in [-0.3, -0.25) is 4.79 Å². The van der Waals surface area contributed by atoms with E-state index in [2.05, 4.69) is 10.3 Å². The van der Waals surface area contributed by atoms with Crippen molar-refractivity contribution in [3.63, 3.8) is 0 Å². The Bertz CT molecular complexity index is 720. The van der Waals surface area contributed by atoms with Gasteiger partial charge in [0.1, 0.15) is 17.7 Å². The Kier molecular flexibility index (Phi) is 5.10. The van der Waals surface area contributed by atoms with E-state index >= 15 is 0 Å². The summed E-state index contributed by atoms with van der Waals surface area (Å²) in [4.78, 5) is 14.0. The van der Waals surface area contributed by atoms with Crippen LogP contribution in [-0.4, -0.2) is 18.4 Å². The largest absolute Gasteiger partial charge is 0.495 e. The van der Waals surface area contributed by atoms with Crippen molar-refractivity contribution >= 4 is 23.6 Å². The van der Waals surface area contributed by atoms with Gasteiger partial charge >= 0.3 is 6.18 Å². The van der Waals surface area contributed by atoms with E-state index in [0.717, 1.165) is 12.3 Å². The summed E-state index contributed by atoms with van der Waals surface area (Å²) in [5.74, 6) is 0.228. The minimum Gasteiger partial charge on any atom is -0.495 e. The molecule has 0 radical (unpaired) electrons. The Hall–Kier alpha value is -2.28. The van der Waals surface area contributed by atoms with Crippen molar-refractivity contribution in [2.24, 2.45) is 0 Å². The van der Waals surface area contributed by atoms with E-state index in [4.69, 9.17) is 16.3 Å². The zero-order valence-electron chi connectivity index (χ0n) is 11.9. The number of methoxy groups -OCH3 is 1. The van der Waals surface area contributed by atoms with Gasteiger partial charge in [0.2, 0.25) is 0 Å². The Balaban J connectivity index is 2.24. The van der Waals surface area contributed by atoms with Gasteiger partial charge in [0.05, 0.1) is 24.0 Å². The lowest BCUT2D eigenvalue weighted by atomic mass is 10.2. The van der Waals surface area contributed by atoms with Gasteiger partial charge in [-0.15, -0.1) is 0 Å². The fraction of sp³-hybridized carbons (Fsp3) is 0.200. The van der Waals surface area contributed by atoms with Crippen molar-refractivity contribution in [1.82, 2.24) is 4.98 Å². The van der Waals surface area contributed by atoms with Crippen LogP contribution in [0.1, 0.15) is 21.6 Å². The van der Waals surface area contributed by atoms with E-state index in [0.29, 0.717) is 22.6 Å². The summed E-state index contributed by atoms with van der Waals surface area (Å²) < 4.78 is 43.2. The highest BCUT2D eigenvalue weighted by atomic mass is 35.5. The van der Waals surface area contributed by atoms with E-state index in [-0.39, 0.29) is 17.9 Å². The average molecular weight is 345 g/mol. The zero-order chi connectivity index (χ0) is 17.0. The fourth-order valence-electron chi connectivity index (χ4n) is 1.90. The summed E-state index contributed by atoms with van der Waals surface area (Å²) in [6.45, 7) is 0.0505. The van der Waals surface area contributed by atoms with Crippen molar-refractivity contribution in [2.45, 2.75) is 12.7 Å². The number of hydrogen-bond donors (Lipinski definition) is 1. The molecule has 122 valence electrons. The van der Waals surface area contributed by atoms with Crippen LogP contribution in [0.4, 0.5) is 18.9 Å². The fourth-order valence-corrected chi connectivity index (χ4v) is 2.16. The minimum atomic E-state index is -4.54. The maximum Gasteiger partial charge on any atom is 0.433 e. The third-order valence-electron chi connectivity index (χ3n) is 3.06. The summed E-state index contributed by atoms with van der Waals surface area (Å²) in [5.41, 5.74) is 0.175. The molecule has 0 unspecified atom stereocenters. The van der Waals surface area contributed by atoms with Crippen molar-refractivity contribution in [3.05, 3.63) is 52.3 Å². The van der Waals surface area contributed by atoms with Crippen LogP contribution in [0.25, 0.3) is 0 Å². The molecule has 8 heteroatoms. The van der Waals surface area contributed by atoms with E-state index in [1.807, 2.05) is 0 Å². The van der Waals surface area contributed by atoms with Crippen LogP contribution in [0.15, 0.2) is 30.5 Å². The predicted octanol–water partition coefficient (Wildman–Crippen LogP) is 4.19. The Morgan fingerprint density at radius 3 is 2.65 bits per heavy atom. The number of aldehydes is 1. The van der Waals surface area contributed by atoms with Crippen molar-refractivity contribution in [3.8, 4) is 5.75 Å². The molecular formula is C15H12ClF3N2O2. The monoisotopic (exact) mass is 344 g/mol. The van der Waals surface area contributed by atoms with Crippen LogP contribution in [0, 0.1) is 0 Å². The van der Waals surface area contributed by atoms with Crippen LogP contribution in [0.3, 0.4) is 0 Å². The average Bonchev–Trinajstić information content (AvgIpc) is 2.52. The molecule has 2 rings (SSSR count). The number of benzene rings is 1. The molecule has 0 spiro atoms. The third-order valence-corrected chi connectivity index (χ3v) is 3.37. The maximum absolute atomic E-state index is 12.7. The molecule has 0 fully saturated rings. The number of hydrogen-bond acceptors (Lipinski definition) is 4. The number of pyridine rings is 1. The van der Waals surface area contributed by atoms with Crippen LogP contribution in [-0.2, 0) is 12.7 Å². The number of rotatable bonds is 5. The van der Waals surface area contributed by atoms with E-state index in [1.54, 1.807) is 12.1 Å². The number of carbonyl (C=O) groups excluding carboxylic acids is 1. The smallest absolute Gasteiger partial charge is 0.433 e. The zero-order valence-corrected chi connectivity index (χ0v) is 12.7. The third kappa shape index (κ3) is 4.13. The van der Waals surface area contributed by atoms with Gasteiger partial charge in [-0.2, -0.15) is 13.2 Å². The number of alkyl halides is 3. The molecule has 23 heavy (non-hydrogen) atoms. The molecule has 4 nitrogen and oxygen atoms in total. The normalized spacial score (nSPS) is 11.2. The second kappa shape index (κ2) is 6.87. The first kappa shape index (κ1) is 17.1. The minimum absolute atomic E-state index is 0.0505. The van der Waals surface area contributed by atoms with Gasteiger partial charge in [-0.1, -0.05) is 11.6 Å². The number of nitrogens with one attached hydrogen (secondary N) is 1. The lowest BCUT2D eigenvalue weighted by molar-refractivity contribution is -0.141. The first-order chi connectivity index (χ1) is 10.8. The molecule has 0 saturated carbocycles. The molecule has 1 aromatic heterocycles. The lowest BCUT2D eigenvalue weighted by Gasteiger charge is -2.14. The van der Waals surface area contributed by atoms with Crippen LogP contribution < -0.4 is 10.1 Å². The Morgan fingerprint density at radius 2 is 2.09 bits per heavy atom. The van der Waals surface area contributed by atoms with Crippen LogP contribution in [0.2, 0.25) is 5.02 Å². The van der Waals surface area contributed by atoms with Crippen molar-refractivity contribution in [1.29, 1.82) is 0 Å². The summed E-state index contributed by atoms with van der Waals surface area (Å²) in [7, 11) is 1.35. The molecule has 0 aliphatic rings. The lowest BCUT2D eigenvalue weighted by Crippen LogP contribution is -2.11.